The smallest absolute Gasteiger partial charge is 0.309 e. The van der Waals surface area contributed by atoms with Crippen LogP contribution in [0.25, 0.3) is 0 Å². The Morgan fingerprint density at radius 2 is 1.56 bits per heavy atom. The van der Waals surface area contributed by atoms with Gasteiger partial charge in [-0.1, -0.05) is 29.8 Å². The van der Waals surface area contributed by atoms with Gasteiger partial charge in [-0.2, -0.15) is 4.31 Å². The molecular weight excluding hydrogens is 454 g/mol. The Hall–Kier alpha value is -2.91. The molecule has 3 rings (SSSR count). The molecule has 1 saturated heterocycles. The summed E-state index contributed by atoms with van der Waals surface area (Å²) in [5.41, 5.74) is 3.04. The zero-order valence-electron chi connectivity index (χ0n) is 20.2. The van der Waals surface area contributed by atoms with Crippen molar-refractivity contribution in [1.29, 1.82) is 0 Å². The fraction of sp³-hybridized carbons (Fsp3) is 0.440. The Kier molecular flexibility index (Phi) is 8.33. The summed E-state index contributed by atoms with van der Waals surface area (Å²) < 4.78 is 32.3. The Morgan fingerprint density at radius 1 is 0.971 bits per heavy atom. The SMILES string of the molecule is Cc1ccc(S(=O)(=O)N2CCC(C(=O)OCC(=O)N(C)Cc3ccc(N(C)C)cc3)CC2)cc1. The summed E-state index contributed by atoms with van der Waals surface area (Å²) in [6.45, 7) is 2.48. The second-order valence-corrected chi connectivity index (χ2v) is 10.8. The van der Waals surface area contributed by atoms with Crippen LogP contribution in [-0.4, -0.2) is 70.3 Å². The van der Waals surface area contributed by atoms with E-state index in [1.54, 1.807) is 31.3 Å². The molecule has 0 unspecified atom stereocenters. The van der Waals surface area contributed by atoms with Crippen LogP contribution in [0.4, 0.5) is 5.69 Å². The molecule has 184 valence electrons. The highest BCUT2D eigenvalue weighted by Crippen LogP contribution is 2.25. The third kappa shape index (κ3) is 6.36. The van der Waals surface area contributed by atoms with E-state index in [1.165, 1.54) is 9.21 Å². The van der Waals surface area contributed by atoms with Crippen molar-refractivity contribution in [2.45, 2.75) is 31.2 Å². The van der Waals surface area contributed by atoms with Gasteiger partial charge in [0.2, 0.25) is 10.0 Å². The lowest BCUT2D eigenvalue weighted by Crippen LogP contribution is -2.41. The number of nitrogens with zero attached hydrogens (tertiary/aromatic N) is 3. The highest BCUT2D eigenvalue weighted by molar-refractivity contribution is 7.89. The number of piperidine rings is 1. The van der Waals surface area contributed by atoms with Crippen molar-refractivity contribution in [3.8, 4) is 0 Å². The lowest BCUT2D eigenvalue weighted by Gasteiger charge is -2.30. The van der Waals surface area contributed by atoms with Gasteiger partial charge < -0.3 is 14.5 Å². The third-order valence-corrected chi connectivity index (χ3v) is 8.00. The minimum atomic E-state index is -3.58. The highest BCUT2D eigenvalue weighted by atomic mass is 32.2. The van der Waals surface area contributed by atoms with Crippen molar-refractivity contribution in [1.82, 2.24) is 9.21 Å². The molecule has 0 spiro atoms. The standard InChI is InChI=1S/C25H33N3O5S/c1-19-5-11-23(12-6-19)34(31,32)28-15-13-21(14-16-28)25(30)33-18-24(29)27(4)17-20-7-9-22(10-8-20)26(2)3/h5-12,21H,13-18H2,1-4H3. The van der Waals surface area contributed by atoms with Crippen molar-refractivity contribution in [2.75, 3.05) is 45.7 Å². The van der Waals surface area contributed by atoms with Crippen LogP contribution in [0, 0.1) is 12.8 Å². The summed E-state index contributed by atoms with van der Waals surface area (Å²) in [5.74, 6) is -1.16. The second kappa shape index (κ2) is 11.0. The van der Waals surface area contributed by atoms with E-state index in [4.69, 9.17) is 4.74 Å². The average molecular weight is 488 g/mol. The molecule has 2 aromatic carbocycles. The number of aryl methyl sites for hydroxylation is 1. The minimum absolute atomic E-state index is 0.243. The highest BCUT2D eigenvalue weighted by Gasteiger charge is 2.33. The van der Waals surface area contributed by atoms with E-state index in [1.807, 2.05) is 50.2 Å². The molecule has 1 aliphatic rings. The lowest BCUT2D eigenvalue weighted by atomic mass is 9.98. The number of likely N-dealkylation sites (N-methyl/N-ethyl adjacent to an activating group) is 1. The summed E-state index contributed by atoms with van der Waals surface area (Å²) in [4.78, 5) is 28.7. The molecule has 34 heavy (non-hydrogen) atoms. The number of hydrogen-bond acceptors (Lipinski definition) is 6. The van der Waals surface area contributed by atoms with Gasteiger partial charge in [-0.15, -0.1) is 0 Å². The van der Waals surface area contributed by atoms with E-state index in [0.29, 0.717) is 19.4 Å². The van der Waals surface area contributed by atoms with Gasteiger partial charge in [0.05, 0.1) is 10.8 Å². The van der Waals surface area contributed by atoms with E-state index in [9.17, 15) is 18.0 Å². The normalized spacial score (nSPS) is 15.1. The van der Waals surface area contributed by atoms with Crippen LogP contribution < -0.4 is 4.90 Å². The Morgan fingerprint density at radius 3 is 2.12 bits per heavy atom. The van der Waals surface area contributed by atoms with Crippen molar-refractivity contribution < 1.29 is 22.7 Å². The Bertz CT molecular complexity index is 1090. The number of benzene rings is 2. The maximum atomic E-state index is 12.8. The number of anilines is 1. The van der Waals surface area contributed by atoms with Crippen LogP contribution in [0.5, 0.6) is 0 Å². The molecule has 0 radical (unpaired) electrons. The van der Waals surface area contributed by atoms with Gasteiger partial charge in [-0.3, -0.25) is 9.59 Å². The topological polar surface area (TPSA) is 87.2 Å². The molecule has 0 saturated carbocycles. The monoisotopic (exact) mass is 487 g/mol. The van der Waals surface area contributed by atoms with Crippen molar-refractivity contribution in [2.24, 2.45) is 5.92 Å². The van der Waals surface area contributed by atoms with Crippen LogP contribution in [0.1, 0.15) is 24.0 Å². The van der Waals surface area contributed by atoms with Gasteiger partial charge in [-0.05, 0) is 49.6 Å². The number of carbonyl (C=O) groups excluding carboxylic acids is 2. The summed E-state index contributed by atoms with van der Waals surface area (Å²) in [5, 5.41) is 0. The molecular formula is C25H33N3O5S. The predicted octanol–water partition coefficient (Wildman–Crippen LogP) is 2.66. The molecule has 1 aliphatic heterocycles. The minimum Gasteiger partial charge on any atom is -0.455 e. The van der Waals surface area contributed by atoms with Gasteiger partial charge in [-0.25, -0.2) is 8.42 Å². The molecule has 1 fully saturated rings. The van der Waals surface area contributed by atoms with E-state index >= 15 is 0 Å². The van der Waals surface area contributed by atoms with Gasteiger partial charge >= 0.3 is 5.97 Å². The van der Waals surface area contributed by atoms with E-state index in [-0.39, 0.29) is 30.5 Å². The largest absolute Gasteiger partial charge is 0.455 e. The molecule has 9 heteroatoms. The van der Waals surface area contributed by atoms with Crippen molar-refractivity contribution >= 4 is 27.6 Å². The number of sulfonamides is 1. The summed E-state index contributed by atoms with van der Waals surface area (Å²) in [7, 11) is 2.01. The fourth-order valence-electron chi connectivity index (χ4n) is 3.81. The first kappa shape index (κ1) is 25.7. The fourth-order valence-corrected chi connectivity index (χ4v) is 5.28. The van der Waals surface area contributed by atoms with Crippen LogP contribution in [0.15, 0.2) is 53.4 Å². The zero-order chi connectivity index (χ0) is 24.9. The Labute approximate surface area is 202 Å². The molecule has 0 bridgehead atoms. The summed E-state index contributed by atoms with van der Waals surface area (Å²) in [6.07, 6.45) is 0.734. The molecule has 0 aromatic heterocycles. The maximum Gasteiger partial charge on any atom is 0.309 e. The number of hydrogen-bond donors (Lipinski definition) is 0. The second-order valence-electron chi connectivity index (χ2n) is 8.91. The number of rotatable bonds is 8. The van der Waals surface area contributed by atoms with Crippen LogP contribution in [0.2, 0.25) is 0 Å². The molecule has 2 aromatic rings. The average Bonchev–Trinajstić information content (AvgIpc) is 2.83. The number of amides is 1. The first-order chi connectivity index (χ1) is 16.1. The van der Waals surface area contributed by atoms with Crippen molar-refractivity contribution in [3.05, 3.63) is 59.7 Å². The maximum absolute atomic E-state index is 12.8. The van der Waals surface area contributed by atoms with Gasteiger partial charge in [0, 0.05) is 46.5 Å². The molecule has 1 amide bonds. The summed E-state index contributed by atoms with van der Waals surface area (Å²) >= 11 is 0. The van der Waals surface area contributed by atoms with Gasteiger partial charge in [0.1, 0.15) is 0 Å². The van der Waals surface area contributed by atoms with Crippen LogP contribution in [-0.2, 0) is 30.9 Å². The molecule has 0 atom stereocenters. The van der Waals surface area contributed by atoms with E-state index < -0.39 is 21.9 Å². The van der Waals surface area contributed by atoms with E-state index in [2.05, 4.69) is 0 Å². The van der Waals surface area contributed by atoms with E-state index in [0.717, 1.165) is 16.8 Å². The van der Waals surface area contributed by atoms with Gasteiger partial charge in [0.15, 0.2) is 6.61 Å². The lowest BCUT2D eigenvalue weighted by molar-refractivity contribution is -0.156. The molecule has 0 N–H and O–H groups in total. The first-order valence-electron chi connectivity index (χ1n) is 11.3. The molecule has 8 nitrogen and oxygen atoms in total. The van der Waals surface area contributed by atoms with Crippen LogP contribution in [0.3, 0.4) is 0 Å². The van der Waals surface area contributed by atoms with Gasteiger partial charge in [0.25, 0.3) is 5.91 Å². The number of carbonyl (C=O) groups is 2. The number of ether oxygens (including phenoxy) is 1. The number of esters is 1. The third-order valence-electron chi connectivity index (χ3n) is 6.08. The van der Waals surface area contributed by atoms with Crippen molar-refractivity contribution in [3.63, 3.8) is 0 Å². The summed E-state index contributed by atoms with van der Waals surface area (Å²) in [6, 6.07) is 14.6. The Balaban J connectivity index is 1.45. The predicted molar refractivity (Wildman–Crippen MR) is 131 cm³/mol. The molecule has 0 aliphatic carbocycles. The van der Waals surface area contributed by atoms with Crippen LogP contribution >= 0.6 is 0 Å². The molecule has 1 heterocycles. The zero-order valence-corrected chi connectivity index (χ0v) is 21.0. The quantitative estimate of drug-likeness (QED) is 0.532. The first-order valence-corrected chi connectivity index (χ1v) is 12.8.